The van der Waals surface area contributed by atoms with Crippen LogP contribution in [0.4, 0.5) is 5.69 Å². The smallest absolute Gasteiger partial charge is 0.313 e. The van der Waals surface area contributed by atoms with E-state index in [2.05, 4.69) is 10.6 Å². The number of hydrogen-bond acceptors (Lipinski definition) is 3. The Morgan fingerprint density at radius 1 is 1.04 bits per heavy atom. The molecule has 0 saturated carbocycles. The van der Waals surface area contributed by atoms with Crippen molar-refractivity contribution in [3.05, 3.63) is 64.7 Å². The minimum Gasteiger partial charge on any atom is -0.344 e. The Labute approximate surface area is 142 Å². The molecule has 0 unspecified atom stereocenters. The van der Waals surface area contributed by atoms with E-state index in [9.17, 15) is 9.59 Å². The third-order valence-corrected chi connectivity index (χ3v) is 3.86. The molecule has 0 aromatic heterocycles. The van der Waals surface area contributed by atoms with Crippen LogP contribution in [0.15, 0.2) is 42.5 Å². The molecule has 0 saturated heterocycles. The summed E-state index contributed by atoms with van der Waals surface area (Å²) in [6.45, 7) is 4.64. The summed E-state index contributed by atoms with van der Waals surface area (Å²) < 4.78 is 0. The van der Waals surface area contributed by atoms with Gasteiger partial charge < -0.3 is 16.4 Å². The van der Waals surface area contributed by atoms with E-state index in [-0.39, 0.29) is 6.54 Å². The maximum atomic E-state index is 12.1. The number of carbonyl (C=O) groups excluding carboxylic acids is 2. The van der Waals surface area contributed by atoms with Gasteiger partial charge in [-0.25, -0.2) is 0 Å². The monoisotopic (exact) mass is 325 g/mol. The van der Waals surface area contributed by atoms with Gasteiger partial charge in [-0.15, -0.1) is 0 Å². The Balaban J connectivity index is 1.99. The number of para-hydroxylation sites is 1. The molecule has 0 spiro atoms. The van der Waals surface area contributed by atoms with Gasteiger partial charge in [0.15, 0.2) is 0 Å². The van der Waals surface area contributed by atoms with Crippen molar-refractivity contribution >= 4 is 17.5 Å². The lowest BCUT2D eigenvalue weighted by Crippen LogP contribution is -2.35. The molecule has 0 aliphatic heterocycles. The molecule has 0 heterocycles. The molecule has 24 heavy (non-hydrogen) atoms. The van der Waals surface area contributed by atoms with E-state index < -0.39 is 11.8 Å². The summed E-state index contributed by atoms with van der Waals surface area (Å²) in [5.74, 6) is -1.31. The average molecular weight is 325 g/mol. The van der Waals surface area contributed by atoms with Crippen LogP contribution in [0.2, 0.25) is 0 Å². The summed E-state index contributed by atoms with van der Waals surface area (Å²) in [6.07, 6.45) is 0.783. The van der Waals surface area contributed by atoms with Gasteiger partial charge in [-0.1, -0.05) is 49.4 Å². The molecule has 4 N–H and O–H groups in total. The van der Waals surface area contributed by atoms with Gasteiger partial charge in [0.25, 0.3) is 0 Å². The minimum atomic E-state index is -0.658. The first kappa shape index (κ1) is 17.7. The van der Waals surface area contributed by atoms with Crippen LogP contribution in [0.1, 0.15) is 29.2 Å². The van der Waals surface area contributed by atoms with E-state index in [0.29, 0.717) is 12.2 Å². The lowest BCUT2D eigenvalue weighted by Gasteiger charge is -2.13. The highest BCUT2D eigenvalue weighted by atomic mass is 16.2. The van der Waals surface area contributed by atoms with Crippen LogP contribution < -0.4 is 16.4 Å². The number of carbonyl (C=O) groups is 2. The summed E-state index contributed by atoms with van der Waals surface area (Å²) in [4.78, 5) is 24.2. The van der Waals surface area contributed by atoms with Crippen LogP contribution in [-0.4, -0.2) is 11.8 Å². The highest BCUT2D eigenvalue weighted by Gasteiger charge is 2.16. The van der Waals surface area contributed by atoms with Crippen molar-refractivity contribution in [2.24, 2.45) is 5.73 Å². The SMILES string of the molecule is CCc1cccc(C)c1NC(=O)C(=O)NCc1cccc(CN)c1. The van der Waals surface area contributed by atoms with Crippen LogP contribution in [0, 0.1) is 6.92 Å². The van der Waals surface area contributed by atoms with Gasteiger partial charge in [-0.2, -0.15) is 0 Å². The molecule has 2 rings (SSSR count). The molecule has 5 heteroatoms. The molecule has 0 atom stereocenters. The Kier molecular flexibility index (Phi) is 6.09. The first-order valence-electron chi connectivity index (χ1n) is 8.00. The number of nitrogens with two attached hydrogens (primary N) is 1. The van der Waals surface area contributed by atoms with Crippen LogP contribution in [0.5, 0.6) is 0 Å². The maximum absolute atomic E-state index is 12.1. The molecule has 5 nitrogen and oxygen atoms in total. The van der Waals surface area contributed by atoms with Gasteiger partial charge in [0.05, 0.1) is 0 Å². The molecule has 0 radical (unpaired) electrons. The highest BCUT2D eigenvalue weighted by Crippen LogP contribution is 2.20. The van der Waals surface area contributed by atoms with Crippen molar-refractivity contribution in [2.45, 2.75) is 33.4 Å². The van der Waals surface area contributed by atoms with Crippen molar-refractivity contribution in [1.29, 1.82) is 0 Å². The quantitative estimate of drug-likeness (QED) is 0.737. The van der Waals surface area contributed by atoms with E-state index in [1.54, 1.807) is 0 Å². The zero-order valence-corrected chi connectivity index (χ0v) is 14.1. The second kappa shape index (κ2) is 8.26. The van der Waals surface area contributed by atoms with Crippen LogP contribution in [0.3, 0.4) is 0 Å². The fourth-order valence-corrected chi connectivity index (χ4v) is 2.50. The number of benzene rings is 2. The number of hydrogen-bond donors (Lipinski definition) is 3. The van der Waals surface area contributed by atoms with E-state index in [0.717, 1.165) is 28.7 Å². The lowest BCUT2D eigenvalue weighted by atomic mass is 10.1. The molecule has 0 aliphatic rings. The lowest BCUT2D eigenvalue weighted by molar-refractivity contribution is -0.136. The predicted octanol–water partition coefficient (Wildman–Crippen LogP) is 2.27. The number of rotatable bonds is 5. The zero-order valence-electron chi connectivity index (χ0n) is 14.1. The molecule has 0 bridgehead atoms. The predicted molar refractivity (Wildman–Crippen MR) is 95.4 cm³/mol. The van der Waals surface area contributed by atoms with Gasteiger partial charge >= 0.3 is 11.8 Å². The van der Waals surface area contributed by atoms with Crippen LogP contribution >= 0.6 is 0 Å². The van der Waals surface area contributed by atoms with Crippen molar-refractivity contribution in [3.63, 3.8) is 0 Å². The Morgan fingerprint density at radius 3 is 2.46 bits per heavy atom. The standard InChI is InChI=1S/C19H23N3O2/c1-3-16-9-4-6-13(2)17(16)22-19(24)18(23)21-12-15-8-5-7-14(10-15)11-20/h4-10H,3,11-12,20H2,1-2H3,(H,21,23)(H,22,24). The second-order valence-electron chi connectivity index (χ2n) is 5.62. The molecule has 2 aromatic carbocycles. The highest BCUT2D eigenvalue weighted by molar-refractivity contribution is 6.39. The maximum Gasteiger partial charge on any atom is 0.313 e. The fourth-order valence-electron chi connectivity index (χ4n) is 2.50. The number of anilines is 1. The van der Waals surface area contributed by atoms with Crippen molar-refractivity contribution in [1.82, 2.24) is 5.32 Å². The molecule has 126 valence electrons. The average Bonchev–Trinajstić information content (AvgIpc) is 2.61. The van der Waals surface area contributed by atoms with Gasteiger partial charge in [-0.05, 0) is 35.6 Å². The van der Waals surface area contributed by atoms with Gasteiger partial charge in [0.2, 0.25) is 0 Å². The second-order valence-corrected chi connectivity index (χ2v) is 5.62. The van der Waals surface area contributed by atoms with E-state index in [1.807, 2.05) is 56.3 Å². The number of aryl methyl sites for hydroxylation is 2. The molecular formula is C19H23N3O2. The Hall–Kier alpha value is -2.66. The van der Waals surface area contributed by atoms with E-state index >= 15 is 0 Å². The fraction of sp³-hybridized carbons (Fsp3) is 0.263. The third-order valence-electron chi connectivity index (χ3n) is 3.86. The Bertz CT molecular complexity index is 741. The molecule has 0 aliphatic carbocycles. The molecular weight excluding hydrogens is 302 g/mol. The van der Waals surface area contributed by atoms with Gasteiger partial charge in [-0.3, -0.25) is 9.59 Å². The first-order chi connectivity index (χ1) is 11.5. The van der Waals surface area contributed by atoms with Crippen molar-refractivity contribution in [3.8, 4) is 0 Å². The number of nitrogens with one attached hydrogen (secondary N) is 2. The van der Waals surface area contributed by atoms with E-state index in [4.69, 9.17) is 5.73 Å². The van der Waals surface area contributed by atoms with Crippen LogP contribution in [0.25, 0.3) is 0 Å². The normalized spacial score (nSPS) is 10.3. The minimum absolute atomic E-state index is 0.286. The summed E-state index contributed by atoms with van der Waals surface area (Å²) in [5, 5.41) is 5.35. The zero-order chi connectivity index (χ0) is 17.5. The summed E-state index contributed by atoms with van der Waals surface area (Å²) in [5.41, 5.74) is 10.1. The van der Waals surface area contributed by atoms with Crippen molar-refractivity contribution < 1.29 is 9.59 Å². The Morgan fingerprint density at radius 2 is 1.75 bits per heavy atom. The van der Waals surface area contributed by atoms with E-state index in [1.165, 1.54) is 0 Å². The largest absolute Gasteiger partial charge is 0.344 e. The topological polar surface area (TPSA) is 84.2 Å². The van der Waals surface area contributed by atoms with Gasteiger partial charge in [0.1, 0.15) is 0 Å². The summed E-state index contributed by atoms with van der Waals surface area (Å²) >= 11 is 0. The molecule has 2 aromatic rings. The third kappa shape index (κ3) is 4.43. The number of amides is 2. The molecule has 0 fully saturated rings. The van der Waals surface area contributed by atoms with Gasteiger partial charge in [0, 0.05) is 18.8 Å². The summed E-state index contributed by atoms with van der Waals surface area (Å²) in [7, 11) is 0. The summed E-state index contributed by atoms with van der Waals surface area (Å²) in [6, 6.07) is 13.4. The van der Waals surface area contributed by atoms with Crippen molar-refractivity contribution in [2.75, 3.05) is 5.32 Å². The van der Waals surface area contributed by atoms with Crippen LogP contribution in [-0.2, 0) is 29.1 Å². The first-order valence-corrected chi connectivity index (χ1v) is 8.00. The molecule has 2 amide bonds.